The maximum atomic E-state index is 13.0. The summed E-state index contributed by atoms with van der Waals surface area (Å²) in [5.74, 6) is -0.191. The molecule has 0 amide bonds. The van der Waals surface area contributed by atoms with E-state index in [1.807, 2.05) is 18.2 Å². The quantitative estimate of drug-likeness (QED) is 0.897. The Bertz CT molecular complexity index is 558. The predicted molar refractivity (Wildman–Crippen MR) is 80.1 cm³/mol. The van der Waals surface area contributed by atoms with E-state index in [-0.39, 0.29) is 17.3 Å². The highest BCUT2D eigenvalue weighted by atomic mass is 19.1. The van der Waals surface area contributed by atoms with Crippen LogP contribution in [0.3, 0.4) is 0 Å². The molecule has 0 saturated heterocycles. The van der Waals surface area contributed by atoms with E-state index < -0.39 is 0 Å². The summed E-state index contributed by atoms with van der Waals surface area (Å²) < 4.78 is 13.0. The largest absolute Gasteiger partial charge is 0.327 e. The van der Waals surface area contributed by atoms with Crippen LogP contribution in [0.15, 0.2) is 54.6 Å². The van der Waals surface area contributed by atoms with E-state index in [0.717, 1.165) is 24.8 Å². The molecule has 2 aromatic carbocycles. The minimum Gasteiger partial charge on any atom is -0.327 e. The van der Waals surface area contributed by atoms with Crippen LogP contribution >= 0.6 is 0 Å². The number of rotatable bonds is 4. The molecule has 0 aliphatic heterocycles. The SMILES string of the molecule is NC(Cc1ccc(F)cc1)C1(c2ccccc2)CCC1. The van der Waals surface area contributed by atoms with Crippen molar-refractivity contribution in [3.63, 3.8) is 0 Å². The van der Waals surface area contributed by atoms with Crippen LogP contribution < -0.4 is 5.73 Å². The Kier molecular flexibility index (Phi) is 3.58. The Morgan fingerprint density at radius 3 is 2.20 bits per heavy atom. The Morgan fingerprint density at radius 1 is 1.00 bits per heavy atom. The van der Waals surface area contributed by atoms with Crippen LogP contribution in [0.4, 0.5) is 4.39 Å². The maximum absolute atomic E-state index is 13.0. The molecule has 0 aromatic heterocycles. The highest BCUT2D eigenvalue weighted by Crippen LogP contribution is 2.46. The van der Waals surface area contributed by atoms with E-state index >= 15 is 0 Å². The van der Waals surface area contributed by atoms with Crippen molar-refractivity contribution >= 4 is 0 Å². The van der Waals surface area contributed by atoms with Gasteiger partial charge in [0, 0.05) is 11.5 Å². The Balaban J connectivity index is 1.81. The number of halogens is 1. The van der Waals surface area contributed by atoms with E-state index in [9.17, 15) is 4.39 Å². The van der Waals surface area contributed by atoms with Gasteiger partial charge in [0.05, 0.1) is 0 Å². The van der Waals surface area contributed by atoms with Crippen molar-refractivity contribution in [2.75, 3.05) is 0 Å². The fraction of sp³-hybridized carbons (Fsp3) is 0.333. The summed E-state index contributed by atoms with van der Waals surface area (Å²) in [6, 6.07) is 17.4. The summed E-state index contributed by atoms with van der Waals surface area (Å²) in [6.45, 7) is 0. The molecular formula is C18H20FN. The number of nitrogens with two attached hydrogens (primary N) is 1. The zero-order valence-corrected chi connectivity index (χ0v) is 11.6. The van der Waals surface area contributed by atoms with Crippen LogP contribution in [0.25, 0.3) is 0 Å². The van der Waals surface area contributed by atoms with Gasteiger partial charge < -0.3 is 5.73 Å². The number of benzene rings is 2. The molecule has 1 saturated carbocycles. The first-order chi connectivity index (χ1) is 9.71. The summed E-state index contributed by atoms with van der Waals surface area (Å²) in [7, 11) is 0. The molecule has 0 bridgehead atoms. The lowest BCUT2D eigenvalue weighted by Crippen LogP contribution is -2.51. The second kappa shape index (κ2) is 5.37. The van der Waals surface area contributed by atoms with Crippen molar-refractivity contribution in [2.45, 2.75) is 37.1 Å². The summed E-state index contributed by atoms with van der Waals surface area (Å²) in [4.78, 5) is 0. The Hall–Kier alpha value is -1.67. The summed E-state index contributed by atoms with van der Waals surface area (Å²) in [6.07, 6.45) is 4.35. The molecule has 0 radical (unpaired) electrons. The molecule has 2 aromatic rings. The molecule has 3 rings (SSSR count). The predicted octanol–water partition coefficient (Wildman–Crippen LogP) is 3.82. The third-order valence-electron chi connectivity index (χ3n) is 4.67. The summed E-state index contributed by atoms with van der Waals surface area (Å²) >= 11 is 0. The lowest BCUT2D eigenvalue weighted by molar-refractivity contribution is 0.194. The van der Waals surface area contributed by atoms with Crippen LogP contribution in [-0.2, 0) is 11.8 Å². The van der Waals surface area contributed by atoms with Crippen LogP contribution in [0.2, 0.25) is 0 Å². The molecule has 1 aliphatic rings. The van der Waals surface area contributed by atoms with E-state index in [0.29, 0.717) is 0 Å². The van der Waals surface area contributed by atoms with E-state index in [4.69, 9.17) is 5.73 Å². The molecule has 20 heavy (non-hydrogen) atoms. The van der Waals surface area contributed by atoms with E-state index in [2.05, 4.69) is 24.3 Å². The van der Waals surface area contributed by atoms with Gasteiger partial charge in [-0.05, 0) is 42.5 Å². The zero-order valence-electron chi connectivity index (χ0n) is 11.6. The van der Waals surface area contributed by atoms with Gasteiger partial charge in [0.2, 0.25) is 0 Å². The first kappa shape index (κ1) is 13.3. The van der Waals surface area contributed by atoms with Gasteiger partial charge in [0.15, 0.2) is 0 Å². The summed E-state index contributed by atoms with van der Waals surface area (Å²) in [5, 5.41) is 0. The zero-order chi connectivity index (χ0) is 14.0. The molecule has 0 heterocycles. The first-order valence-corrected chi connectivity index (χ1v) is 7.26. The molecule has 2 heteroatoms. The van der Waals surface area contributed by atoms with Crippen molar-refractivity contribution in [1.82, 2.24) is 0 Å². The fourth-order valence-corrected chi connectivity index (χ4v) is 3.27. The third-order valence-corrected chi connectivity index (χ3v) is 4.67. The minimum atomic E-state index is -0.191. The molecule has 1 fully saturated rings. The van der Waals surface area contributed by atoms with Gasteiger partial charge in [-0.25, -0.2) is 4.39 Å². The summed E-state index contributed by atoms with van der Waals surface area (Å²) in [5.41, 5.74) is 9.09. The topological polar surface area (TPSA) is 26.0 Å². The molecule has 1 unspecified atom stereocenters. The molecule has 1 nitrogen and oxygen atoms in total. The Morgan fingerprint density at radius 2 is 1.65 bits per heavy atom. The second-order valence-corrected chi connectivity index (χ2v) is 5.81. The van der Waals surface area contributed by atoms with Gasteiger partial charge >= 0.3 is 0 Å². The monoisotopic (exact) mass is 269 g/mol. The highest BCUT2D eigenvalue weighted by molar-refractivity contribution is 5.32. The van der Waals surface area contributed by atoms with Crippen LogP contribution in [0, 0.1) is 5.82 Å². The van der Waals surface area contributed by atoms with Crippen molar-refractivity contribution in [3.8, 4) is 0 Å². The first-order valence-electron chi connectivity index (χ1n) is 7.26. The van der Waals surface area contributed by atoms with Crippen molar-refractivity contribution in [1.29, 1.82) is 0 Å². The normalized spacial score (nSPS) is 18.3. The average Bonchev–Trinajstić information content (AvgIpc) is 2.41. The van der Waals surface area contributed by atoms with Crippen LogP contribution in [-0.4, -0.2) is 6.04 Å². The van der Waals surface area contributed by atoms with Gasteiger partial charge in [-0.3, -0.25) is 0 Å². The molecule has 104 valence electrons. The van der Waals surface area contributed by atoms with Crippen LogP contribution in [0.5, 0.6) is 0 Å². The van der Waals surface area contributed by atoms with Gasteiger partial charge in [-0.1, -0.05) is 48.9 Å². The molecular weight excluding hydrogens is 249 g/mol. The van der Waals surface area contributed by atoms with Gasteiger partial charge in [0.25, 0.3) is 0 Å². The molecule has 1 aliphatic carbocycles. The third kappa shape index (κ3) is 2.36. The number of hydrogen-bond acceptors (Lipinski definition) is 1. The fourth-order valence-electron chi connectivity index (χ4n) is 3.27. The minimum absolute atomic E-state index is 0.0871. The van der Waals surface area contributed by atoms with Crippen molar-refractivity contribution in [2.24, 2.45) is 5.73 Å². The van der Waals surface area contributed by atoms with E-state index in [1.165, 1.54) is 24.1 Å². The molecule has 2 N–H and O–H groups in total. The maximum Gasteiger partial charge on any atom is 0.123 e. The second-order valence-electron chi connectivity index (χ2n) is 5.81. The lowest BCUT2D eigenvalue weighted by Gasteiger charge is -2.47. The standard InChI is InChI=1S/C18H20FN/c19-16-9-7-14(8-10-16)13-17(20)18(11-4-12-18)15-5-2-1-3-6-15/h1-3,5-10,17H,4,11-13,20H2. The van der Waals surface area contributed by atoms with Crippen molar-refractivity contribution in [3.05, 3.63) is 71.5 Å². The average molecular weight is 269 g/mol. The van der Waals surface area contributed by atoms with Gasteiger partial charge in [0.1, 0.15) is 5.82 Å². The Labute approximate surface area is 119 Å². The molecule has 1 atom stereocenters. The van der Waals surface area contributed by atoms with Gasteiger partial charge in [-0.15, -0.1) is 0 Å². The van der Waals surface area contributed by atoms with Gasteiger partial charge in [-0.2, -0.15) is 0 Å². The molecule has 0 spiro atoms. The van der Waals surface area contributed by atoms with Crippen molar-refractivity contribution < 1.29 is 4.39 Å². The number of hydrogen-bond donors (Lipinski definition) is 1. The van der Waals surface area contributed by atoms with Crippen LogP contribution in [0.1, 0.15) is 30.4 Å². The lowest BCUT2D eigenvalue weighted by atomic mass is 9.59. The smallest absolute Gasteiger partial charge is 0.123 e. The van der Waals surface area contributed by atoms with E-state index in [1.54, 1.807) is 0 Å². The highest BCUT2D eigenvalue weighted by Gasteiger charge is 2.43.